The van der Waals surface area contributed by atoms with Crippen molar-refractivity contribution < 1.29 is 4.79 Å². The zero-order valence-corrected chi connectivity index (χ0v) is 16.8. The number of anilines is 1. The fourth-order valence-corrected chi connectivity index (χ4v) is 3.94. The molecule has 0 saturated carbocycles. The Bertz CT molecular complexity index is 875. The molecule has 0 radical (unpaired) electrons. The van der Waals surface area contributed by atoms with E-state index in [-0.39, 0.29) is 5.91 Å². The van der Waals surface area contributed by atoms with E-state index < -0.39 is 0 Å². The molecule has 0 spiro atoms. The summed E-state index contributed by atoms with van der Waals surface area (Å²) in [7, 11) is 0. The van der Waals surface area contributed by atoms with Crippen LogP contribution in [0.2, 0.25) is 0 Å². The summed E-state index contributed by atoms with van der Waals surface area (Å²) >= 11 is 8.37. The van der Waals surface area contributed by atoms with Gasteiger partial charge in [-0.3, -0.25) is 10.1 Å². The molecule has 1 aromatic heterocycles. The molecule has 3 aromatic rings. The van der Waals surface area contributed by atoms with Crippen molar-refractivity contribution in [3.05, 3.63) is 67.9 Å². The molecule has 0 fully saturated rings. The van der Waals surface area contributed by atoms with Gasteiger partial charge in [0.25, 0.3) is 5.91 Å². The average molecular weight is 466 g/mol. The zero-order chi connectivity index (χ0) is 17.1. The predicted molar refractivity (Wildman–Crippen MR) is 107 cm³/mol. The van der Waals surface area contributed by atoms with Gasteiger partial charge in [0.15, 0.2) is 5.13 Å². The van der Waals surface area contributed by atoms with Crippen molar-refractivity contribution in [1.29, 1.82) is 0 Å². The molecule has 6 heteroatoms. The van der Waals surface area contributed by atoms with Crippen molar-refractivity contribution in [3.63, 3.8) is 0 Å². The van der Waals surface area contributed by atoms with Gasteiger partial charge in [-0.15, -0.1) is 11.3 Å². The molecule has 122 valence electrons. The summed E-state index contributed by atoms with van der Waals surface area (Å²) in [6.07, 6.45) is 0.869. The molecule has 1 amide bonds. The summed E-state index contributed by atoms with van der Waals surface area (Å²) in [6.45, 7) is 2.09. The highest BCUT2D eigenvalue weighted by Crippen LogP contribution is 2.32. The van der Waals surface area contributed by atoms with Gasteiger partial charge in [-0.05, 0) is 46.6 Å². The van der Waals surface area contributed by atoms with Crippen LogP contribution in [0.15, 0.2) is 57.5 Å². The number of nitrogens with zero attached hydrogens (tertiary/aromatic N) is 1. The Morgan fingerprint density at radius 2 is 1.83 bits per heavy atom. The number of aryl methyl sites for hydroxylation is 1. The molecule has 0 saturated heterocycles. The number of rotatable bonds is 4. The third-order valence-corrected chi connectivity index (χ3v) is 5.81. The highest BCUT2D eigenvalue weighted by atomic mass is 79.9. The Kier molecular flexibility index (Phi) is 5.48. The number of thiazole rings is 1. The summed E-state index contributed by atoms with van der Waals surface area (Å²) in [6, 6.07) is 15.4. The lowest BCUT2D eigenvalue weighted by molar-refractivity contribution is 0.102. The number of carbonyl (C=O) groups is 1. The van der Waals surface area contributed by atoms with Gasteiger partial charge in [0.2, 0.25) is 0 Å². The van der Waals surface area contributed by atoms with Crippen LogP contribution in [0.1, 0.15) is 22.2 Å². The lowest BCUT2D eigenvalue weighted by Gasteiger charge is -2.03. The van der Waals surface area contributed by atoms with Crippen molar-refractivity contribution in [3.8, 4) is 11.3 Å². The number of halogens is 2. The van der Waals surface area contributed by atoms with E-state index in [1.165, 1.54) is 11.3 Å². The van der Waals surface area contributed by atoms with E-state index in [0.717, 1.165) is 31.5 Å². The van der Waals surface area contributed by atoms with Crippen LogP contribution in [0.4, 0.5) is 5.13 Å². The summed E-state index contributed by atoms with van der Waals surface area (Å²) in [4.78, 5) is 18.2. The van der Waals surface area contributed by atoms with E-state index in [1.807, 2.05) is 42.5 Å². The molecular formula is C18H14Br2N2OS. The number of hydrogen-bond donors (Lipinski definition) is 1. The van der Waals surface area contributed by atoms with E-state index in [1.54, 1.807) is 6.07 Å². The number of amides is 1. The first-order chi connectivity index (χ1) is 11.6. The Labute approximate surface area is 161 Å². The second-order valence-electron chi connectivity index (χ2n) is 5.09. The zero-order valence-electron chi connectivity index (χ0n) is 12.8. The highest BCUT2D eigenvalue weighted by molar-refractivity contribution is 9.10. The van der Waals surface area contributed by atoms with Gasteiger partial charge >= 0.3 is 0 Å². The van der Waals surface area contributed by atoms with Gasteiger partial charge in [-0.2, -0.15) is 0 Å². The molecule has 3 nitrogen and oxygen atoms in total. The van der Waals surface area contributed by atoms with Gasteiger partial charge in [-0.1, -0.05) is 47.1 Å². The van der Waals surface area contributed by atoms with Gasteiger partial charge in [-0.25, -0.2) is 4.98 Å². The minimum Gasteiger partial charge on any atom is -0.298 e. The van der Waals surface area contributed by atoms with Crippen LogP contribution in [0.25, 0.3) is 11.3 Å². The van der Waals surface area contributed by atoms with Crippen molar-refractivity contribution in [2.45, 2.75) is 13.3 Å². The Morgan fingerprint density at radius 3 is 2.50 bits per heavy atom. The highest BCUT2D eigenvalue weighted by Gasteiger charge is 2.15. The maximum Gasteiger partial charge on any atom is 0.258 e. The summed E-state index contributed by atoms with van der Waals surface area (Å²) in [5.74, 6) is -0.166. The van der Waals surface area contributed by atoms with Crippen LogP contribution < -0.4 is 5.32 Å². The van der Waals surface area contributed by atoms with Gasteiger partial charge < -0.3 is 0 Å². The average Bonchev–Trinajstić information content (AvgIpc) is 2.98. The summed E-state index contributed by atoms with van der Waals surface area (Å²) < 4.78 is 1.80. The van der Waals surface area contributed by atoms with Crippen LogP contribution in [0.5, 0.6) is 0 Å². The standard InChI is InChI=1S/C18H14Br2N2OS/c1-2-15-16(11-7-9-12(19)10-8-11)21-18(24-15)22-17(23)13-5-3-4-6-14(13)20/h3-10H,2H2,1H3,(H,21,22,23). The topological polar surface area (TPSA) is 42.0 Å². The first-order valence-electron chi connectivity index (χ1n) is 7.40. The molecule has 0 unspecified atom stereocenters. The largest absolute Gasteiger partial charge is 0.298 e. The van der Waals surface area contributed by atoms with E-state index in [9.17, 15) is 4.79 Å². The molecule has 1 heterocycles. The Balaban J connectivity index is 1.89. The van der Waals surface area contributed by atoms with Crippen LogP contribution >= 0.6 is 43.2 Å². The lowest BCUT2D eigenvalue weighted by atomic mass is 10.1. The molecule has 0 aliphatic rings. The van der Waals surface area contributed by atoms with Crippen molar-refractivity contribution in [2.75, 3.05) is 5.32 Å². The number of nitrogens with one attached hydrogen (secondary N) is 1. The molecule has 3 rings (SSSR count). The Hall–Kier alpha value is -1.50. The summed E-state index contributed by atoms with van der Waals surface area (Å²) in [5.41, 5.74) is 2.57. The molecular weight excluding hydrogens is 452 g/mol. The molecule has 1 N–H and O–H groups in total. The molecule has 24 heavy (non-hydrogen) atoms. The van der Waals surface area contributed by atoms with Crippen molar-refractivity contribution in [1.82, 2.24) is 4.98 Å². The molecule has 0 aliphatic heterocycles. The predicted octanol–water partition coefficient (Wildman–Crippen LogP) is 6.15. The number of hydrogen-bond acceptors (Lipinski definition) is 3. The van der Waals surface area contributed by atoms with Crippen molar-refractivity contribution >= 4 is 54.2 Å². The normalized spacial score (nSPS) is 10.6. The van der Waals surface area contributed by atoms with E-state index in [0.29, 0.717) is 10.7 Å². The van der Waals surface area contributed by atoms with Gasteiger partial charge in [0.1, 0.15) is 0 Å². The van der Waals surface area contributed by atoms with Gasteiger partial charge in [0, 0.05) is 19.4 Å². The number of carbonyl (C=O) groups excluding carboxylic acids is 1. The monoisotopic (exact) mass is 464 g/mol. The number of aromatic nitrogens is 1. The van der Waals surface area contributed by atoms with E-state index in [2.05, 4.69) is 49.1 Å². The minimum atomic E-state index is -0.166. The molecule has 0 bridgehead atoms. The van der Waals surface area contributed by atoms with Crippen LogP contribution in [-0.2, 0) is 6.42 Å². The maximum atomic E-state index is 12.4. The van der Waals surface area contributed by atoms with E-state index >= 15 is 0 Å². The van der Waals surface area contributed by atoms with Gasteiger partial charge in [0.05, 0.1) is 11.3 Å². The van der Waals surface area contributed by atoms with Crippen LogP contribution in [-0.4, -0.2) is 10.9 Å². The SMILES string of the molecule is CCc1sc(NC(=O)c2ccccc2Br)nc1-c1ccc(Br)cc1. The number of benzene rings is 2. The first-order valence-corrected chi connectivity index (χ1v) is 9.80. The van der Waals surface area contributed by atoms with E-state index in [4.69, 9.17) is 0 Å². The first kappa shape index (κ1) is 17.3. The fraction of sp³-hybridized carbons (Fsp3) is 0.111. The lowest BCUT2D eigenvalue weighted by Crippen LogP contribution is -2.12. The quantitative estimate of drug-likeness (QED) is 0.502. The van der Waals surface area contributed by atoms with Crippen LogP contribution in [0.3, 0.4) is 0 Å². The second-order valence-corrected chi connectivity index (χ2v) is 7.94. The third kappa shape index (κ3) is 3.77. The summed E-state index contributed by atoms with van der Waals surface area (Å²) in [5, 5.41) is 3.52. The molecule has 0 aliphatic carbocycles. The molecule has 0 atom stereocenters. The third-order valence-electron chi connectivity index (χ3n) is 3.48. The molecule has 2 aromatic carbocycles. The fourth-order valence-electron chi connectivity index (χ4n) is 2.29. The minimum absolute atomic E-state index is 0.166. The smallest absolute Gasteiger partial charge is 0.258 e. The second kappa shape index (κ2) is 7.59. The maximum absolute atomic E-state index is 12.4. The van der Waals surface area contributed by atoms with Crippen LogP contribution in [0, 0.1) is 0 Å². The Morgan fingerprint density at radius 1 is 1.12 bits per heavy atom. The van der Waals surface area contributed by atoms with Crippen molar-refractivity contribution in [2.24, 2.45) is 0 Å².